The third-order valence-corrected chi connectivity index (χ3v) is 9.11. The molecule has 0 amide bonds. The van der Waals surface area contributed by atoms with E-state index in [1.807, 2.05) is 21.1 Å². The zero-order valence-corrected chi connectivity index (χ0v) is 27.8. The van der Waals surface area contributed by atoms with E-state index in [2.05, 4.69) is 0 Å². The van der Waals surface area contributed by atoms with Gasteiger partial charge in [0.15, 0.2) is 18.7 Å². The van der Waals surface area contributed by atoms with Crippen LogP contribution in [0.5, 0.6) is 17.2 Å². The highest BCUT2D eigenvalue weighted by molar-refractivity contribution is 6.31. The molecule has 1 fully saturated rings. The summed E-state index contributed by atoms with van der Waals surface area (Å²) in [7, 11) is 6.75. The Hall–Kier alpha value is -3.96. The number of quaternary nitrogens is 1. The summed E-state index contributed by atoms with van der Waals surface area (Å²) < 4.78 is 22.5. The molecule has 0 aromatic heterocycles. The van der Waals surface area contributed by atoms with Crippen LogP contribution in [0.4, 0.5) is 0 Å². The molecule has 49 heavy (non-hydrogen) atoms. The molecule has 1 aliphatic heterocycles. The van der Waals surface area contributed by atoms with Crippen LogP contribution in [-0.4, -0.2) is 136 Å². The van der Waals surface area contributed by atoms with E-state index in [0.29, 0.717) is 4.48 Å². The number of benzene rings is 2. The first-order valence-electron chi connectivity index (χ1n) is 15.8. The molecule has 6 N–H and O–H groups in total. The number of nitrogens with zero attached hydrogens (tertiary/aromatic N) is 1. The van der Waals surface area contributed by atoms with E-state index in [1.54, 1.807) is 0 Å². The molecule has 1 heterocycles. The van der Waals surface area contributed by atoms with Crippen molar-refractivity contribution >= 4 is 23.3 Å². The van der Waals surface area contributed by atoms with Crippen LogP contribution in [0.3, 0.4) is 0 Å². The fourth-order valence-electron chi connectivity index (χ4n) is 6.77. The van der Waals surface area contributed by atoms with E-state index >= 15 is 0 Å². The van der Waals surface area contributed by atoms with Crippen molar-refractivity contribution < 1.29 is 73.2 Å². The minimum absolute atomic E-state index is 0.0579. The van der Waals surface area contributed by atoms with Crippen molar-refractivity contribution in [3.05, 3.63) is 51.6 Å². The van der Waals surface area contributed by atoms with Crippen LogP contribution in [-0.2, 0) is 30.2 Å². The Morgan fingerprint density at radius 3 is 2.37 bits per heavy atom. The second-order valence-electron chi connectivity index (χ2n) is 13.9. The average molecular weight is 689 g/mol. The number of fused-ring (bicyclic) bond motifs is 3. The summed E-state index contributed by atoms with van der Waals surface area (Å²) in [5.41, 5.74) is -4.19. The maximum Gasteiger partial charge on any atom is 0.309 e. The van der Waals surface area contributed by atoms with E-state index in [9.17, 15) is 49.8 Å². The number of methoxy groups -OCH3 is 1. The van der Waals surface area contributed by atoms with Gasteiger partial charge in [-0.15, -0.1) is 0 Å². The summed E-state index contributed by atoms with van der Waals surface area (Å²) in [6, 6.07) is 4.29. The predicted molar refractivity (Wildman–Crippen MR) is 167 cm³/mol. The number of carbonyl (C=O) groups is 4. The largest absolute Gasteiger partial charge is 0.507 e. The first-order chi connectivity index (χ1) is 22.9. The molecule has 0 spiro atoms. The summed E-state index contributed by atoms with van der Waals surface area (Å²) in [4.78, 5) is 53.6. The van der Waals surface area contributed by atoms with Crippen molar-refractivity contribution in [1.29, 1.82) is 0 Å². The van der Waals surface area contributed by atoms with Crippen LogP contribution >= 0.6 is 0 Å². The number of esters is 1. The number of rotatable bonds is 10. The van der Waals surface area contributed by atoms with Gasteiger partial charge in [-0.25, -0.2) is 0 Å². The van der Waals surface area contributed by atoms with E-state index in [-0.39, 0.29) is 41.0 Å². The normalized spacial score (nSPS) is 27.1. The van der Waals surface area contributed by atoms with Crippen molar-refractivity contribution in [2.24, 2.45) is 0 Å². The molecule has 5 rings (SSSR count). The Kier molecular flexibility index (Phi) is 9.93. The Bertz CT molecular complexity index is 1670. The lowest BCUT2D eigenvalue weighted by Gasteiger charge is -2.42. The fraction of sp³-hybridized carbons (Fsp3) is 0.529. The first kappa shape index (κ1) is 36.3. The van der Waals surface area contributed by atoms with E-state index in [1.165, 1.54) is 32.2 Å². The zero-order chi connectivity index (χ0) is 36.2. The van der Waals surface area contributed by atoms with Gasteiger partial charge in [-0.2, -0.15) is 0 Å². The highest BCUT2D eigenvalue weighted by Crippen LogP contribution is 2.52. The molecule has 3 aliphatic rings. The smallest absolute Gasteiger partial charge is 0.309 e. The molecule has 0 saturated carbocycles. The molecule has 2 aromatic rings. The summed E-state index contributed by atoms with van der Waals surface area (Å²) in [6.07, 6.45) is -9.16. The molecular weight excluding hydrogens is 646 g/mol. The molecule has 7 atom stereocenters. The van der Waals surface area contributed by atoms with Crippen molar-refractivity contribution in [3.63, 3.8) is 0 Å². The fourth-order valence-corrected chi connectivity index (χ4v) is 6.77. The van der Waals surface area contributed by atoms with Gasteiger partial charge in [-0.3, -0.25) is 19.2 Å². The second-order valence-corrected chi connectivity index (χ2v) is 13.9. The SMILES string of the molecule is COc1cccc2c1C(=O)c1c(O)c3c(c(O)c1C2=O)C[C@@](O)(C(=O)COC(=O)CC(O)C[N+](C)(C)C)C[C@@H]3O[C@@H]1C[C@H](O)[C@H](O)[C@H](C)O1. The number of hydrogen-bond donors (Lipinski definition) is 6. The summed E-state index contributed by atoms with van der Waals surface area (Å²) in [5, 5.41) is 65.8. The number of carbonyl (C=O) groups excluding carboxylic acids is 4. The molecule has 266 valence electrons. The van der Waals surface area contributed by atoms with Crippen molar-refractivity contribution in [3.8, 4) is 17.2 Å². The molecule has 2 aliphatic carbocycles. The van der Waals surface area contributed by atoms with Gasteiger partial charge in [0, 0.05) is 36.0 Å². The van der Waals surface area contributed by atoms with Gasteiger partial charge in [0.2, 0.25) is 11.6 Å². The Morgan fingerprint density at radius 1 is 1.06 bits per heavy atom. The summed E-state index contributed by atoms with van der Waals surface area (Å²) in [6.45, 7) is 0.791. The van der Waals surface area contributed by atoms with Crippen LogP contribution < -0.4 is 4.74 Å². The van der Waals surface area contributed by atoms with Crippen LogP contribution in [0, 0.1) is 0 Å². The minimum Gasteiger partial charge on any atom is -0.507 e. The molecule has 0 radical (unpaired) electrons. The van der Waals surface area contributed by atoms with Crippen LogP contribution in [0.2, 0.25) is 0 Å². The minimum atomic E-state index is -2.40. The topological polar surface area (TPSA) is 227 Å². The van der Waals surface area contributed by atoms with Gasteiger partial charge >= 0.3 is 5.97 Å². The van der Waals surface area contributed by atoms with Crippen molar-refractivity contribution in [2.75, 3.05) is 41.4 Å². The monoisotopic (exact) mass is 688 g/mol. The second kappa shape index (κ2) is 13.4. The molecular formula is C34H42NO14+. The highest BCUT2D eigenvalue weighted by Gasteiger charge is 2.50. The lowest BCUT2D eigenvalue weighted by Crippen LogP contribution is -2.50. The van der Waals surface area contributed by atoms with E-state index < -0.39 is 114 Å². The lowest BCUT2D eigenvalue weighted by atomic mass is 9.72. The summed E-state index contributed by atoms with van der Waals surface area (Å²) in [5.74, 6) is -5.01. The number of aliphatic hydroxyl groups is 4. The molecule has 1 unspecified atom stereocenters. The molecule has 2 aromatic carbocycles. The number of phenolic OH excluding ortho intramolecular Hbond substituents is 2. The van der Waals surface area contributed by atoms with Gasteiger partial charge < -0.3 is 54.1 Å². The summed E-state index contributed by atoms with van der Waals surface area (Å²) >= 11 is 0. The average Bonchev–Trinajstić information content (AvgIpc) is 3.01. The Balaban J connectivity index is 1.53. The number of ether oxygens (including phenoxy) is 4. The quantitative estimate of drug-likeness (QED) is 0.0940. The van der Waals surface area contributed by atoms with Crippen LogP contribution in [0.1, 0.15) is 75.3 Å². The molecule has 0 bridgehead atoms. The Morgan fingerprint density at radius 2 is 1.73 bits per heavy atom. The standard InChI is InChI=1S/C34H41NO14/c1-15-29(40)19(37)10-24(48-15)49-21-12-34(45,22(38)14-47-23(39)9-16(36)13-35(2,3)4)11-18-26(21)33(44)28-27(31(18)42)30(41)17-7-6-8-20(46-5)25(17)32(28)43/h6-8,15-16,19,21,24,29,36-37,40,45H,9-14H2,1-5H3,(H-,41,42,43,44)/p+1/t15-,16?,19-,21-,24+,29+,34-/m0/s1. The third kappa shape index (κ3) is 6.92. The Labute approximate surface area is 281 Å². The predicted octanol–water partition coefficient (Wildman–Crippen LogP) is 0.0430. The number of likely N-dealkylation sites (N-methyl/N-ethyl adjacent to an activating group) is 1. The van der Waals surface area contributed by atoms with Gasteiger partial charge in [0.1, 0.15) is 41.6 Å². The van der Waals surface area contributed by atoms with Crippen LogP contribution in [0.15, 0.2) is 18.2 Å². The molecule has 1 saturated heterocycles. The van der Waals surface area contributed by atoms with Gasteiger partial charge in [-0.05, 0) is 13.0 Å². The maximum absolute atomic E-state index is 13.8. The number of aliphatic hydroxyl groups excluding tert-OH is 3. The molecule has 15 heteroatoms. The van der Waals surface area contributed by atoms with Crippen LogP contribution in [0.25, 0.3) is 0 Å². The maximum atomic E-state index is 13.8. The van der Waals surface area contributed by atoms with E-state index in [4.69, 9.17) is 18.9 Å². The third-order valence-electron chi connectivity index (χ3n) is 9.11. The molecule has 15 nitrogen and oxygen atoms in total. The van der Waals surface area contributed by atoms with E-state index in [0.717, 1.165) is 0 Å². The van der Waals surface area contributed by atoms with Crippen molar-refractivity contribution in [1.82, 2.24) is 0 Å². The lowest BCUT2D eigenvalue weighted by molar-refractivity contribution is -0.873. The number of Topliss-reactive ketones (excluding diaryl/α,β-unsaturated/α-hetero) is 1. The number of ketones is 3. The number of aromatic hydroxyl groups is 2. The number of phenols is 2. The number of hydrogen-bond acceptors (Lipinski definition) is 14. The first-order valence-corrected chi connectivity index (χ1v) is 15.8. The van der Waals surface area contributed by atoms with Crippen molar-refractivity contribution in [2.45, 2.75) is 75.0 Å². The highest BCUT2D eigenvalue weighted by atomic mass is 16.7. The zero-order valence-electron chi connectivity index (χ0n) is 27.8. The van der Waals surface area contributed by atoms with Gasteiger partial charge in [0.25, 0.3) is 0 Å². The van der Waals surface area contributed by atoms with Gasteiger partial charge in [-0.1, -0.05) is 12.1 Å². The van der Waals surface area contributed by atoms with Gasteiger partial charge in [0.05, 0.1) is 69.7 Å².